The van der Waals surface area contributed by atoms with Gasteiger partial charge in [0, 0.05) is 16.8 Å². The van der Waals surface area contributed by atoms with Crippen molar-refractivity contribution in [2.45, 2.75) is 19.8 Å². The molecule has 0 saturated heterocycles. The maximum Gasteiger partial charge on any atom is 0.277 e. The first-order valence-electron chi connectivity index (χ1n) is 8.22. The largest absolute Gasteiger partial charge is 0.321 e. The number of aromatic nitrogens is 2. The van der Waals surface area contributed by atoms with Gasteiger partial charge in [-0.05, 0) is 34.0 Å². The van der Waals surface area contributed by atoms with E-state index < -0.39 is 0 Å². The molecule has 3 rings (SSSR count). The summed E-state index contributed by atoms with van der Waals surface area (Å²) in [5.41, 5.74) is 2.81. The van der Waals surface area contributed by atoms with E-state index >= 15 is 0 Å². The zero-order chi connectivity index (χ0) is 18.7. The van der Waals surface area contributed by atoms with Crippen LogP contribution in [0.1, 0.15) is 51.9 Å². The molecule has 6 heteroatoms. The number of aromatic amines is 1. The van der Waals surface area contributed by atoms with Crippen molar-refractivity contribution >= 4 is 33.3 Å². The highest BCUT2D eigenvalue weighted by molar-refractivity contribution is 9.10. The van der Waals surface area contributed by atoms with E-state index in [1.54, 1.807) is 36.4 Å². The molecule has 2 N–H and O–H groups in total. The number of anilines is 1. The molecule has 0 atom stereocenters. The minimum atomic E-state index is -0.343. The Morgan fingerprint density at radius 3 is 2.38 bits per heavy atom. The summed E-state index contributed by atoms with van der Waals surface area (Å²) in [6.45, 7) is 4.03. The van der Waals surface area contributed by atoms with E-state index in [1.165, 1.54) is 0 Å². The SMILES string of the molecule is CC(C)c1[nH]nc(C(=O)Nc2cccc(C(=O)c3ccccc3)c2)c1Br. The molecule has 132 valence electrons. The van der Waals surface area contributed by atoms with Crippen molar-refractivity contribution in [1.82, 2.24) is 10.2 Å². The monoisotopic (exact) mass is 411 g/mol. The van der Waals surface area contributed by atoms with Gasteiger partial charge in [-0.2, -0.15) is 5.10 Å². The molecule has 0 aliphatic rings. The third-order valence-corrected chi connectivity index (χ3v) is 4.75. The zero-order valence-corrected chi connectivity index (χ0v) is 16.0. The molecular weight excluding hydrogens is 394 g/mol. The number of benzene rings is 2. The molecule has 1 amide bonds. The minimum absolute atomic E-state index is 0.0928. The number of carbonyl (C=O) groups excluding carboxylic acids is 2. The van der Waals surface area contributed by atoms with Crippen LogP contribution < -0.4 is 5.32 Å². The molecule has 0 fully saturated rings. The normalized spacial score (nSPS) is 10.8. The van der Waals surface area contributed by atoms with Crippen molar-refractivity contribution < 1.29 is 9.59 Å². The average molecular weight is 412 g/mol. The van der Waals surface area contributed by atoms with E-state index in [4.69, 9.17) is 0 Å². The van der Waals surface area contributed by atoms with E-state index in [-0.39, 0.29) is 23.3 Å². The number of H-pyrrole nitrogens is 1. The maximum absolute atomic E-state index is 12.5. The van der Waals surface area contributed by atoms with Crippen molar-refractivity contribution in [1.29, 1.82) is 0 Å². The number of ketones is 1. The lowest BCUT2D eigenvalue weighted by atomic mass is 10.0. The Morgan fingerprint density at radius 2 is 1.73 bits per heavy atom. The summed E-state index contributed by atoms with van der Waals surface area (Å²) < 4.78 is 0.654. The van der Waals surface area contributed by atoms with Crippen LogP contribution in [0.4, 0.5) is 5.69 Å². The van der Waals surface area contributed by atoms with Gasteiger partial charge in [-0.1, -0.05) is 56.3 Å². The van der Waals surface area contributed by atoms with E-state index in [1.807, 2.05) is 32.0 Å². The Labute approximate surface area is 160 Å². The van der Waals surface area contributed by atoms with Gasteiger partial charge in [0.05, 0.1) is 10.2 Å². The van der Waals surface area contributed by atoms with E-state index in [0.29, 0.717) is 21.3 Å². The van der Waals surface area contributed by atoms with Gasteiger partial charge in [0.25, 0.3) is 5.91 Å². The number of amides is 1. The van der Waals surface area contributed by atoms with Crippen molar-refractivity contribution in [2.24, 2.45) is 0 Å². The number of nitrogens with zero attached hydrogens (tertiary/aromatic N) is 1. The van der Waals surface area contributed by atoms with E-state index in [9.17, 15) is 9.59 Å². The van der Waals surface area contributed by atoms with E-state index in [2.05, 4.69) is 31.4 Å². The summed E-state index contributed by atoms with van der Waals surface area (Å²) in [6.07, 6.45) is 0. The lowest BCUT2D eigenvalue weighted by Crippen LogP contribution is -2.13. The fourth-order valence-electron chi connectivity index (χ4n) is 2.56. The molecule has 3 aromatic rings. The van der Waals surface area contributed by atoms with Crippen LogP contribution in [0.2, 0.25) is 0 Å². The highest BCUT2D eigenvalue weighted by Crippen LogP contribution is 2.26. The number of hydrogen-bond acceptors (Lipinski definition) is 3. The van der Waals surface area contributed by atoms with Crippen molar-refractivity contribution in [3.63, 3.8) is 0 Å². The summed E-state index contributed by atoms with van der Waals surface area (Å²) >= 11 is 3.43. The van der Waals surface area contributed by atoms with Crippen LogP contribution in [0.15, 0.2) is 59.1 Å². The molecule has 0 aliphatic heterocycles. The molecule has 0 unspecified atom stereocenters. The maximum atomic E-state index is 12.5. The predicted molar refractivity (Wildman–Crippen MR) is 105 cm³/mol. The third-order valence-electron chi connectivity index (χ3n) is 3.94. The lowest BCUT2D eigenvalue weighted by molar-refractivity contribution is 0.101. The van der Waals surface area contributed by atoms with Crippen molar-refractivity contribution in [3.8, 4) is 0 Å². The van der Waals surface area contributed by atoms with Crippen LogP contribution in [-0.4, -0.2) is 21.9 Å². The van der Waals surface area contributed by atoms with E-state index in [0.717, 1.165) is 5.69 Å². The van der Waals surface area contributed by atoms with Crippen LogP contribution in [0.3, 0.4) is 0 Å². The zero-order valence-electron chi connectivity index (χ0n) is 14.4. The molecule has 1 aromatic heterocycles. The first kappa shape index (κ1) is 18.1. The molecule has 0 bridgehead atoms. The summed E-state index contributed by atoms with van der Waals surface area (Å²) in [6, 6.07) is 15.9. The van der Waals surface area contributed by atoms with Crippen molar-refractivity contribution in [3.05, 3.63) is 81.6 Å². The molecule has 5 nitrogen and oxygen atoms in total. The highest BCUT2D eigenvalue weighted by Gasteiger charge is 2.19. The number of hydrogen-bond donors (Lipinski definition) is 2. The third kappa shape index (κ3) is 3.75. The molecule has 26 heavy (non-hydrogen) atoms. The lowest BCUT2D eigenvalue weighted by Gasteiger charge is -2.07. The number of nitrogens with one attached hydrogen (secondary N) is 2. The van der Waals surface area contributed by atoms with Gasteiger partial charge in [0.15, 0.2) is 11.5 Å². The molecule has 0 aliphatic carbocycles. The number of rotatable bonds is 5. The Morgan fingerprint density at radius 1 is 1.04 bits per heavy atom. The molecule has 2 aromatic carbocycles. The summed E-state index contributed by atoms with van der Waals surface area (Å²) in [5.74, 6) is -0.223. The number of carbonyl (C=O) groups is 2. The standard InChI is InChI=1S/C20H18BrN3O2/c1-12(2)17-16(21)18(24-23-17)20(26)22-15-10-6-9-14(11-15)19(25)13-7-4-3-5-8-13/h3-12H,1-2H3,(H,22,26)(H,23,24). The Bertz CT molecular complexity index is 949. The molecular formula is C20H18BrN3O2. The van der Waals surface area contributed by atoms with Gasteiger partial charge < -0.3 is 5.32 Å². The minimum Gasteiger partial charge on any atom is -0.321 e. The summed E-state index contributed by atoms with van der Waals surface area (Å²) in [5, 5.41) is 9.76. The Kier molecular flexibility index (Phi) is 5.32. The van der Waals surface area contributed by atoms with Gasteiger partial charge in [-0.3, -0.25) is 14.7 Å². The summed E-state index contributed by atoms with van der Waals surface area (Å²) in [4.78, 5) is 25.1. The van der Waals surface area contributed by atoms with Crippen molar-refractivity contribution in [2.75, 3.05) is 5.32 Å². The average Bonchev–Trinajstić information content (AvgIpc) is 3.04. The smallest absolute Gasteiger partial charge is 0.277 e. The first-order valence-corrected chi connectivity index (χ1v) is 9.01. The molecule has 0 saturated carbocycles. The molecule has 1 heterocycles. The van der Waals surface area contributed by atoms with Gasteiger partial charge in [0.1, 0.15) is 0 Å². The van der Waals surface area contributed by atoms with Gasteiger partial charge >= 0.3 is 0 Å². The molecule has 0 spiro atoms. The quantitative estimate of drug-likeness (QED) is 0.593. The van der Waals surface area contributed by atoms with Crippen LogP contribution >= 0.6 is 15.9 Å². The van der Waals surface area contributed by atoms with Crippen LogP contribution in [0.25, 0.3) is 0 Å². The van der Waals surface area contributed by atoms with Crippen LogP contribution in [-0.2, 0) is 0 Å². The summed E-state index contributed by atoms with van der Waals surface area (Å²) in [7, 11) is 0. The topological polar surface area (TPSA) is 74.8 Å². The predicted octanol–water partition coefficient (Wildman–Crippen LogP) is 4.78. The fraction of sp³-hybridized carbons (Fsp3) is 0.150. The second kappa shape index (κ2) is 7.66. The second-order valence-electron chi connectivity index (χ2n) is 6.18. The van der Waals surface area contributed by atoms with Crippen LogP contribution in [0.5, 0.6) is 0 Å². The molecule has 0 radical (unpaired) electrons. The van der Waals surface area contributed by atoms with Gasteiger partial charge in [-0.15, -0.1) is 0 Å². The first-order chi connectivity index (χ1) is 12.5. The second-order valence-corrected chi connectivity index (χ2v) is 6.98. The highest BCUT2D eigenvalue weighted by atomic mass is 79.9. The van der Waals surface area contributed by atoms with Gasteiger partial charge in [0.2, 0.25) is 0 Å². The Balaban J connectivity index is 1.81. The Hall–Kier alpha value is -2.73. The fourth-order valence-corrected chi connectivity index (χ4v) is 3.37. The number of halogens is 1. The van der Waals surface area contributed by atoms with Gasteiger partial charge in [-0.25, -0.2) is 0 Å². The van der Waals surface area contributed by atoms with Crippen LogP contribution in [0, 0.1) is 0 Å².